The standard InChI is InChI=1S/C19H18BrClN4S/c1-11-10-26-18(13-7-6-12(20)9-14(13)21)16-17(15-5-3-4-8-22-15)24-25(2)19(16)23-11/h3-9,11,18,23H,10H2,1-2H3. The molecule has 1 aromatic carbocycles. The summed E-state index contributed by atoms with van der Waals surface area (Å²) in [7, 11) is 1.97. The van der Waals surface area contributed by atoms with Crippen molar-refractivity contribution in [2.45, 2.75) is 18.2 Å². The molecule has 1 aliphatic heterocycles. The highest BCUT2D eigenvalue weighted by atomic mass is 79.9. The molecule has 1 aliphatic rings. The van der Waals surface area contributed by atoms with Crippen molar-refractivity contribution in [3.8, 4) is 11.4 Å². The lowest BCUT2D eigenvalue weighted by Crippen LogP contribution is -2.18. The van der Waals surface area contributed by atoms with Crippen LogP contribution in [0.1, 0.15) is 23.3 Å². The molecule has 134 valence electrons. The molecule has 2 unspecified atom stereocenters. The highest BCUT2D eigenvalue weighted by Gasteiger charge is 2.32. The maximum Gasteiger partial charge on any atom is 0.129 e. The maximum atomic E-state index is 6.62. The second-order valence-electron chi connectivity index (χ2n) is 6.37. The van der Waals surface area contributed by atoms with Gasteiger partial charge in [-0.2, -0.15) is 5.10 Å². The van der Waals surface area contributed by atoms with Gasteiger partial charge < -0.3 is 5.32 Å². The average molecular weight is 450 g/mol. The van der Waals surface area contributed by atoms with Crippen LogP contribution in [0, 0.1) is 0 Å². The lowest BCUT2D eigenvalue weighted by atomic mass is 10.0. The Kier molecular flexibility index (Phi) is 4.99. The van der Waals surface area contributed by atoms with Crippen LogP contribution >= 0.6 is 39.3 Å². The van der Waals surface area contributed by atoms with Crippen molar-refractivity contribution in [1.29, 1.82) is 0 Å². The number of nitrogens with zero attached hydrogens (tertiary/aromatic N) is 3. The molecular formula is C19H18BrClN4S. The number of halogens is 2. The first-order valence-electron chi connectivity index (χ1n) is 8.36. The number of fused-ring (bicyclic) bond motifs is 1. The Morgan fingerprint density at radius 2 is 2.15 bits per heavy atom. The Hall–Kier alpha value is -1.50. The number of thioether (sulfide) groups is 1. The van der Waals surface area contributed by atoms with E-state index in [2.05, 4.69) is 39.2 Å². The van der Waals surface area contributed by atoms with Gasteiger partial charge in [0.15, 0.2) is 0 Å². The molecule has 4 rings (SSSR count). The smallest absolute Gasteiger partial charge is 0.129 e. The quantitative estimate of drug-likeness (QED) is 0.558. The topological polar surface area (TPSA) is 42.7 Å². The van der Waals surface area contributed by atoms with E-state index in [9.17, 15) is 0 Å². The largest absolute Gasteiger partial charge is 0.367 e. The first-order valence-corrected chi connectivity index (χ1v) is 10.6. The number of anilines is 1. The molecule has 1 N–H and O–H groups in total. The first kappa shape index (κ1) is 17.9. The molecule has 0 fully saturated rings. The lowest BCUT2D eigenvalue weighted by Gasteiger charge is -2.18. The molecule has 3 aromatic rings. The molecule has 0 saturated heterocycles. The van der Waals surface area contributed by atoms with E-state index < -0.39 is 0 Å². The van der Waals surface area contributed by atoms with Crippen LogP contribution in [-0.2, 0) is 7.05 Å². The zero-order valence-corrected chi connectivity index (χ0v) is 17.6. The predicted octanol–water partition coefficient (Wildman–Crippen LogP) is 5.53. The summed E-state index contributed by atoms with van der Waals surface area (Å²) in [6.07, 6.45) is 1.80. The van der Waals surface area contributed by atoms with Crippen molar-refractivity contribution >= 4 is 45.1 Å². The Bertz CT molecular complexity index is 944. The van der Waals surface area contributed by atoms with Gasteiger partial charge in [-0.15, -0.1) is 11.8 Å². The van der Waals surface area contributed by atoms with E-state index in [1.165, 1.54) is 0 Å². The molecule has 0 aliphatic carbocycles. The number of aryl methyl sites for hydroxylation is 1. The Balaban J connectivity index is 1.94. The zero-order valence-electron chi connectivity index (χ0n) is 14.4. The van der Waals surface area contributed by atoms with Crippen LogP contribution in [0.3, 0.4) is 0 Å². The third-order valence-electron chi connectivity index (χ3n) is 4.39. The zero-order chi connectivity index (χ0) is 18.3. The van der Waals surface area contributed by atoms with Gasteiger partial charge in [0.1, 0.15) is 11.5 Å². The fourth-order valence-corrected chi connectivity index (χ4v) is 5.40. The molecule has 4 nitrogen and oxygen atoms in total. The SMILES string of the molecule is CC1CSC(c2ccc(Br)cc2Cl)c2c(-c3ccccn3)nn(C)c2N1. The number of benzene rings is 1. The van der Waals surface area contributed by atoms with Crippen LogP contribution in [0.4, 0.5) is 5.82 Å². The Morgan fingerprint density at radius 3 is 2.88 bits per heavy atom. The molecule has 26 heavy (non-hydrogen) atoms. The van der Waals surface area contributed by atoms with Crippen LogP contribution in [0.5, 0.6) is 0 Å². The van der Waals surface area contributed by atoms with Crippen molar-refractivity contribution in [2.75, 3.05) is 11.1 Å². The van der Waals surface area contributed by atoms with Gasteiger partial charge in [-0.1, -0.05) is 39.7 Å². The van der Waals surface area contributed by atoms with Crippen molar-refractivity contribution in [2.24, 2.45) is 7.05 Å². The third-order valence-corrected chi connectivity index (χ3v) is 6.73. The van der Waals surface area contributed by atoms with Crippen molar-refractivity contribution in [1.82, 2.24) is 14.8 Å². The number of pyridine rings is 1. The maximum absolute atomic E-state index is 6.62. The molecule has 0 amide bonds. The summed E-state index contributed by atoms with van der Waals surface area (Å²) in [6.45, 7) is 2.19. The van der Waals surface area contributed by atoms with Crippen molar-refractivity contribution in [3.05, 3.63) is 63.2 Å². The van der Waals surface area contributed by atoms with E-state index in [1.54, 1.807) is 6.20 Å². The van der Waals surface area contributed by atoms with Crippen molar-refractivity contribution < 1.29 is 0 Å². The van der Waals surface area contributed by atoms with Gasteiger partial charge in [-0.3, -0.25) is 9.67 Å². The molecule has 3 heterocycles. The van der Waals surface area contributed by atoms with Gasteiger partial charge in [-0.05, 0) is 36.8 Å². The van der Waals surface area contributed by atoms with E-state index in [-0.39, 0.29) is 5.25 Å². The molecule has 2 atom stereocenters. The van der Waals surface area contributed by atoms with Gasteiger partial charge in [0.25, 0.3) is 0 Å². The minimum Gasteiger partial charge on any atom is -0.367 e. The molecule has 0 bridgehead atoms. The second-order valence-corrected chi connectivity index (χ2v) is 8.84. The monoisotopic (exact) mass is 448 g/mol. The summed E-state index contributed by atoms with van der Waals surface area (Å²) in [4.78, 5) is 4.53. The number of rotatable bonds is 2. The third kappa shape index (κ3) is 3.26. The summed E-state index contributed by atoms with van der Waals surface area (Å²) in [5.74, 6) is 2.01. The molecule has 7 heteroatoms. The van der Waals surface area contributed by atoms with Crippen molar-refractivity contribution in [3.63, 3.8) is 0 Å². The highest BCUT2D eigenvalue weighted by Crippen LogP contribution is 2.48. The lowest BCUT2D eigenvalue weighted by molar-refractivity contribution is 0.757. The van der Waals surface area contributed by atoms with Crippen LogP contribution in [0.15, 0.2) is 47.1 Å². The van der Waals surface area contributed by atoms with Gasteiger partial charge in [0.2, 0.25) is 0 Å². The average Bonchev–Trinajstić information content (AvgIpc) is 2.83. The summed E-state index contributed by atoms with van der Waals surface area (Å²) >= 11 is 12.0. The minimum atomic E-state index is 0.0914. The summed E-state index contributed by atoms with van der Waals surface area (Å²) in [6, 6.07) is 12.3. The molecule has 0 saturated carbocycles. The van der Waals surface area contributed by atoms with E-state index in [0.717, 1.165) is 43.6 Å². The van der Waals surface area contributed by atoms with Gasteiger partial charge in [-0.25, -0.2) is 0 Å². The van der Waals surface area contributed by atoms with Gasteiger partial charge in [0.05, 0.1) is 10.9 Å². The number of aromatic nitrogens is 3. The second kappa shape index (κ2) is 7.25. The summed E-state index contributed by atoms with van der Waals surface area (Å²) in [5.41, 5.74) is 4.02. The van der Waals surface area contributed by atoms with E-state index in [4.69, 9.17) is 16.7 Å². The van der Waals surface area contributed by atoms with Crippen LogP contribution in [-0.4, -0.2) is 26.6 Å². The van der Waals surface area contributed by atoms with E-state index >= 15 is 0 Å². The normalized spacial score (nSPS) is 19.5. The number of hydrogen-bond donors (Lipinski definition) is 1. The molecule has 0 spiro atoms. The van der Waals surface area contributed by atoms with E-state index in [1.807, 2.05) is 53.8 Å². The molecular weight excluding hydrogens is 432 g/mol. The number of nitrogens with one attached hydrogen (secondary N) is 1. The first-order chi connectivity index (χ1) is 12.5. The summed E-state index contributed by atoms with van der Waals surface area (Å²) < 4.78 is 2.90. The van der Waals surface area contributed by atoms with Gasteiger partial charge >= 0.3 is 0 Å². The minimum absolute atomic E-state index is 0.0914. The van der Waals surface area contributed by atoms with E-state index in [0.29, 0.717) is 6.04 Å². The Labute approximate surface area is 170 Å². The molecule has 0 radical (unpaired) electrons. The fraction of sp³-hybridized carbons (Fsp3) is 0.263. The van der Waals surface area contributed by atoms with Crippen LogP contribution in [0.25, 0.3) is 11.4 Å². The Morgan fingerprint density at radius 1 is 1.31 bits per heavy atom. The predicted molar refractivity (Wildman–Crippen MR) is 113 cm³/mol. The van der Waals surface area contributed by atoms with Crippen LogP contribution < -0.4 is 5.32 Å². The highest BCUT2D eigenvalue weighted by molar-refractivity contribution is 9.10. The summed E-state index contributed by atoms with van der Waals surface area (Å²) in [5, 5.41) is 9.25. The fourth-order valence-electron chi connectivity index (χ4n) is 3.21. The molecule has 2 aromatic heterocycles. The van der Waals surface area contributed by atoms with Crippen LogP contribution in [0.2, 0.25) is 5.02 Å². The number of hydrogen-bond acceptors (Lipinski definition) is 4. The van der Waals surface area contributed by atoms with Gasteiger partial charge in [0, 0.05) is 40.1 Å².